The molecule has 0 atom stereocenters. The summed E-state index contributed by atoms with van der Waals surface area (Å²) in [4.78, 5) is 16.1. The quantitative estimate of drug-likeness (QED) is 0.538. The minimum Gasteiger partial charge on any atom is -0.265 e. The van der Waals surface area contributed by atoms with E-state index in [4.69, 9.17) is 0 Å². The van der Waals surface area contributed by atoms with Crippen LogP contribution in [0.1, 0.15) is 4.88 Å². The lowest BCUT2D eigenvalue weighted by Gasteiger charge is -1.93. The van der Waals surface area contributed by atoms with Crippen molar-refractivity contribution >= 4 is 39.1 Å². The molecule has 0 aliphatic rings. The predicted octanol–water partition coefficient (Wildman–Crippen LogP) is 3.46. The minimum atomic E-state index is -0.263. The molecule has 0 fully saturated rings. The van der Waals surface area contributed by atoms with Gasteiger partial charge >= 0.3 is 0 Å². The van der Waals surface area contributed by atoms with E-state index in [1.807, 2.05) is 53.9 Å². The first-order valence-corrected chi connectivity index (χ1v) is 8.54. The third-order valence-corrected chi connectivity index (χ3v) is 5.12. The molecule has 0 radical (unpaired) electrons. The predicted molar refractivity (Wildman–Crippen MR) is 94.4 cm³/mol. The van der Waals surface area contributed by atoms with E-state index >= 15 is 0 Å². The second-order valence-corrected chi connectivity index (χ2v) is 6.75. The molecule has 0 saturated carbocycles. The van der Waals surface area contributed by atoms with Crippen LogP contribution in [0.15, 0.2) is 63.8 Å². The Kier molecular flexibility index (Phi) is 3.57. The maximum absolute atomic E-state index is 12.5. The van der Waals surface area contributed by atoms with Gasteiger partial charge < -0.3 is 0 Å². The van der Waals surface area contributed by atoms with Crippen molar-refractivity contribution in [2.75, 3.05) is 0 Å². The van der Waals surface area contributed by atoms with Crippen LogP contribution in [0.5, 0.6) is 0 Å². The summed E-state index contributed by atoms with van der Waals surface area (Å²) in [5.74, 6) is 0. The van der Waals surface area contributed by atoms with Crippen LogP contribution in [0.25, 0.3) is 20.7 Å². The van der Waals surface area contributed by atoms with E-state index in [1.165, 1.54) is 11.3 Å². The van der Waals surface area contributed by atoms with Crippen molar-refractivity contribution in [2.24, 2.45) is 5.10 Å². The van der Waals surface area contributed by atoms with E-state index in [2.05, 4.69) is 15.4 Å². The summed E-state index contributed by atoms with van der Waals surface area (Å²) in [6.07, 6.45) is 1.61. The second kappa shape index (κ2) is 5.86. The molecule has 4 rings (SSSR count). The van der Waals surface area contributed by atoms with Gasteiger partial charge in [-0.3, -0.25) is 4.79 Å². The zero-order chi connectivity index (χ0) is 15.6. The Morgan fingerprint density at radius 3 is 2.78 bits per heavy atom. The number of hydrogen-bond acceptors (Lipinski definition) is 6. The van der Waals surface area contributed by atoms with E-state index in [-0.39, 0.29) is 5.56 Å². The number of hydrogen-bond donors (Lipinski definition) is 0. The molecule has 0 aliphatic carbocycles. The maximum atomic E-state index is 12.5. The zero-order valence-corrected chi connectivity index (χ0v) is 13.4. The van der Waals surface area contributed by atoms with E-state index < -0.39 is 0 Å². The lowest BCUT2D eigenvalue weighted by atomic mass is 10.2. The van der Waals surface area contributed by atoms with E-state index in [0.29, 0.717) is 10.2 Å². The molecule has 0 bridgehead atoms. The van der Waals surface area contributed by atoms with Crippen LogP contribution in [-0.2, 0) is 0 Å². The molecule has 0 aliphatic heterocycles. The maximum Gasteiger partial charge on any atom is 0.300 e. The molecule has 0 spiro atoms. The fraction of sp³-hybridized carbons (Fsp3) is 0. The highest BCUT2D eigenvalue weighted by Crippen LogP contribution is 2.30. The third kappa shape index (κ3) is 2.71. The van der Waals surface area contributed by atoms with Crippen molar-refractivity contribution in [2.45, 2.75) is 0 Å². The van der Waals surface area contributed by atoms with Crippen LogP contribution in [0.3, 0.4) is 0 Å². The Bertz CT molecular complexity index is 1030. The SMILES string of the molecule is O=c1c2cc(-c3ccccc3)sc2nnn1/N=C/c1cccs1. The van der Waals surface area contributed by atoms with E-state index in [1.54, 1.807) is 17.6 Å². The van der Waals surface area contributed by atoms with Crippen molar-refractivity contribution in [3.05, 3.63) is 69.1 Å². The van der Waals surface area contributed by atoms with Gasteiger partial charge in [0.25, 0.3) is 5.56 Å². The Morgan fingerprint density at radius 2 is 2.00 bits per heavy atom. The van der Waals surface area contributed by atoms with Gasteiger partial charge in [0.15, 0.2) is 4.83 Å². The highest BCUT2D eigenvalue weighted by atomic mass is 32.1. The molecule has 7 heteroatoms. The number of fused-ring (bicyclic) bond motifs is 1. The summed E-state index contributed by atoms with van der Waals surface area (Å²) in [6.45, 7) is 0. The molecule has 5 nitrogen and oxygen atoms in total. The molecule has 0 saturated heterocycles. The van der Waals surface area contributed by atoms with Crippen molar-refractivity contribution in [1.82, 2.24) is 15.1 Å². The van der Waals surface area contributed by atoms with Crippen molar-refractivity contribution in [1.29, 1.82) is 0 Å². The van der Waals surface area contributed by atoms with E-state index in [0.717, 1.165) is 20.1 Å². The monoisotopic (exact) mass is 338 g/mol. The summed E-state index contributed by atoms with van der Waals surface area (Å²) in [6, 6.07) is 15.6. The van der Waals surface area contributed by atoms with Gasteiger partial charge in [0.05, 0.1) is 11.6 Å². The normalized spacial score (nSPS) is 11.5. The Labute approximate surface area is 139 Å². The molecule has 112 valence electrons. The summed E-state index contributed by atoms with van der Waals surface area (Å²) < 4.78 is 0. The van der Waals surface area contributed by atoms with Crippen LogP contribution in [0.2, 0.25) is 0 Å². The van der Waals surface area contributed by atoms with Crippen LogP contribution in [0.4, 0.5) is 0 Å². The van der Waals surface area contributed by atoms with Crippen molar-refractivity contribution < 1.29 is 0 Å². The second-order valence-electron chi connectivity index (χ2n) is 4.74. The van der Waals surface area contributed by atoms with Crippen LogP contribution in [0, 0.1) is 0 Å². The molecule has 0 amide bonds. The van der Waals surface area contributed by atoms with Crippen LogP contribution >= 0.6 is 22.7 Å². The first kappa shape index (κ1) is 14.0. The molecule has 0 unspecified atom stereocenters. The summed E-state index contributed by atoms with van der Waals surface area (Å²) in [5.41, 5.74) is 0.796. The Balaban J connectivity index is 1.78. The molecule has 4 aromatic rings. The third-order valence-electron chi connectivity index (χ3n) is 3.24. The molecule has 23 heavy (non-hydrogen) atoms. The topological polar surface area (TPSA) is 60.1 Å². The first-order chi connectivity index (χ1) is 11.3. The lowest BCUT2D eigenvalue weighted by Crippen LogP contribution is -2.19. The molecule has 0 N–H and O–H groups in total. The van der Waals surface area contributed by atoms with Gasteiger partial charge in [-0.15, -0.1) is 27.8 Å². The first-order valence-electron chi connectivity index (χ1n) is 6.84. The standard InChI is InChI=1S/C16H10N4OS2/c21-16-13-9-14(11-5-2-1-3-6-11)23-15(13)18-19-20(16)17-10-12-7-4-8-22-12/h1-10H/b17-10+. The summed E-state index contributed by atoms with van der Waals surface area (Å²) >= 11 is 2.99. The largest absolute Gasteiger partial charge is 0.300 e. The zero-order valence-electron chi connectivity index (χ0n) is 11.8. The average Bonchev–Trinajstić information content (AvgIpc) is 3.25. The van der Waals surface area contributed by atoms with Gasteiger partial charge in [0, 0.05) is 9.75 Å². The fourth-order valence-electron chi connectivity index (χ4n) is 2.14. The number of benzene rings is 1. The number of thiophene rings is 2. The van der Waals surface area contributed by atoms with E-state index in [9.17, 15) is 4.79 Å². The van der Waals surface area contributed by atoms with Gasteiger partial charge in [-0.1, -0.05) is 41.2 Å². The smallest absolute Gasteiger partial charge is 0.265 e. The Morgan fingerprint density at radius 1 is 1.13 bits per heavy atom. The van der Waals surface area contributed by atoms with Gasteiger partial charge in [0.1, 0.15) is 0 Å². The number of nitrogens with zero attached hydrogens (tertiary/aromatic N) is 4. The Hall–Kier alpha value is -2.64. The molecular weight excluding hydrogens is 328 g/mol. The van der Waals surface area contributed by atoms with Gasteiger partial charge in [-0.25, -0.2) is 0 Å². The van der Waals surface area contributed by atoms with Gasteiger partial charge in [-0.2, -0.15) is 5.10 Å². The van der Waals surface area contributed by atoms with Crippen molar-refractivity contribution in [3.8, 4) is 10.4 Å². The van der Waals surface area contributed by atoms with Gasteiger partial charge in [-0.05, 0) is 28.3 Å². The molecule has 3 aromatic heterocycles. The minimum absolute atomic E-state index is 0.263. The van der Waals surface area contributed by atoms with Crippen molar-refractivity contribution in [3.63, 3.8) is 0 Å². The molecule has 1 aromatic carbocycles. The van der Waals surface area contributed by atoms with Crippen LogP contribution in [-0.4, -0.2) is 21.3 Å². The number of rotatable bonds is 3. The van der Waals surface area contributed by atoms with Gasteiger partial charge in [0.2, 0.25) is 0 Å². The fourth-order valence-corrected chi connectivity index (χ4v) is 3.69. The van der Waals surface area contributed by atoms with Crippen LogP contribution < -0.4 is 5.56 Å². The summed E-state index contributed by atoms with van der Waals surface area (Å²) in [7, 11) is 0. The number of aromatic nitrogens is 3. The highest BCUT2D eigenvalue weighted by molar-refractivity contribution is 7.21. The summed E-state index contributed by atoms with van der Waals surface area (Å²) in [5, 5.41) is 14.6. The highest BCUT2D eigenvalue weighted by Gasteiger charge is 2.11. The lowest BCUT2D eigenvalue weighted by molar-refractivity contribution is 0.643. The molecular formula is C16H10N4OS2. The average molecular weight is 338 g/mol. The molecule has 3 heterocycles.